The summed E-state index contributed by atoms with van der Waals surface area (Å²) in [7, 11) is 0. The smallest absolute Gasteiger partial charge is 0.261 e. The molecule has 1 rings (SSSR count). The highest BCUT2D eigenvalue weighted by Crippen LogP contribution is 2.18. The van der Waals surface area contributed by atoms with Gasteiger partial charge in [-0.3, -0.25) is 4.79 Å². The summed E-state index contributed by atoms with van der Waals surface area (Å²) in [6, 6.07) is 8.17. The summed E-state index contributed by atoms with van der Waals surface area (Å²) in [4.78, 5) is 11.6. The summed E-state index contributed by atoms with van der Waals surface area (Å²) in [5.74, 6) is 0.184. The molecule has 0 spiro atoms. The average Bonchev–Trinajstić information content (AvgIpc) is 2.28. The number of carbonyl (C=O) groups excluding carboxylic acids is 1. The molecule has 5 heteroatoms. The maximum Gasteiger partial charge on any atom is 0.261 e. The van der Waals surface area contributed by atoms with E-state index in [1.807, 2.05) is 6.07 Å². The Balaban J connectivity index is 2.57. The molecule has 1 aromatic carbocycles. The van der Waals surface area contributed by atoms with E-state index in [1.54, 1.807) is 38.1 Å². The average molecular weight is 253 g/mol. The number of nitrogens with one attached hydrogen (secondary N) is 1. The topological polar surface area (TPSA) is 62.1 Å². The van der Waals surface area contributed by atoms with Crippen LogP contribution in [0.1, 0.15) is 13.8 Å². The van der Waals surface area contributed by atoms with Gasteiger partial charge in [-0.15, -0.1) is 0 Å². The molecular weight excluding hydrogens is 240 g/mol. The molecule has 1 amide bonds. The molecule has 0 saturated heterocycles. The van der Waals surface area contributed by atoms with E-state index in [4.69, 9.17) is 21.6 Å². The van der Waals surface area contributed by atoms with Crippen LogP contribution in [-0.4, -0.2) is 18.1 Å². The van der Waals surface area contributed by atoms with E-state index in [-0.39, 0.29) is 5.91 Å². The number of halogens is 1. The summed E-state index contributed by atoms with van der Waals surface area (Å²) >= 11 is 5.79. The molecule has 0 fully saturated rings. The summed E-state index contributed by atoms with van der Waals surface area (Å²) in [5.41, 5.74) is 0. The molecule has 1 N–H and O–H groups in total. The molecule has 0 aliphatic heterocycles. The number of hydrogen-bond acceptors (Lipinski definition) is 3. The lowest BCUT2D eigenvalue weighted by Gasteiger charge is -2.15. The van der Waals surface area contributed by atoms with Crippen molar-refractivity contribution in [1.29, 1.82) is 5.26 Å². The van der Waals surface area contributed by atoms with Crippen LogP contribution in [0.15, 0.2) is 24.3 Å². The van der Waals surface area contributed by atoms with E-state index < -0.39 is 12.1 Å². The number of benzene rings is 1. The van der Waals surface area contributed by atoms with Crippen molar-refractivity contribution in [3.8, 4) is 11.8 Å². The molecule has 0 heterocycles. The Hall–Kier alpha value is -1.73. The quantitative estimate of drug-likeness (QED) is 0.893. The van der Waals surface area contributed by atoms with E-state index >= 15 is 0 Å². The summed E-state index contributed by atoms with van der Waals surface area (Å²) in [6.45, 7) is 3.21. The lowest BCUT2D eigenvalue weighted by atomic mass is 10.3. The van der Waals surface area contributed by atoms with Crippen LogP contribution in [0.5, 0.6) is 5.75 Å². The fourth-order valence-corrected chi connectivity index (χ4v) is 1.34. The van der Waals surface area contributed by atoms with Gasteiger partial charge in [0.05, 0.1) is 6.07 Å². The van der Waals surface area contributed by atoms with Crippen molar-refractivity contribution in [2.24, 2.45) is 0 Å². The second-order valence-electron chi connectivity index (χ2n) is 3.58. The lowest BCUT2D eigenvalue weighted by molar-refractivity contribution is -0.127. The summed E-state index contributed by atoms with van der Waals surface area (Å²) < 4.78 is 5.40. The number of rotatable bonds is 4. The van der Waals surface area contributed by atoms with Gasteiger partial charge in [0.25, 0.3) is 5.91 Å². The Morgan fingerprint density at radius 2 is 2.24 bits per heavy atom. The van der Waals surface area contributed by atoms with Crippen LogP contribution in [0.2, 0.25) is 5.02 Å². The third-order valence-electron chi connectivity index (χ3n) is 2.03. The molecule has 0 radical (unpaired) electrons. The van der Waals surface area contributed by atoms with Gasteiger partial charge in [0.15, 0.2) is 6.10 Å². The molecule has 90 valence electrons. The van der Waals surface area contributed by atoms with Crippen molar-refractivity contribution in [1.82, 2.24) is 5.32 Å². The molecule has 4 nitrogen and oxygen atoms in total. The van der Waals surface area contributed by atoms with Gasteiger partial charge in [0, 0.05) is 5.02 Å². The highest BCUT2D eigenvalue weighted by atomic mass is 35.5. The Morgan fingerprint density at radius 3 is 2.82 bits per heavy atom. The third-order valence-corrected chi connectivity index (χ3v) is 2.27. The third kappa shape index (κ3) is 4.33. The largest absolute Gasteiger partial charge is 0.481 e. The predicted octanol–water partition coefficient (Wildman–Crippen LogP) is 2.14. The van der Waals surface area contributed by atoms with Crippen molar-refractivity contribution < 1.29 is 9.53 Å². The van der Waals surface area contributed by atoms with Crippen LogP contribution in [0.25, 0.3) is 0 Å². The first-order valence-corrected chi connectivity index (χ1v) is 5.53. The van der Waals surface area contributed by atoms with Gasteiger partial charge in [-0.2, -0.15) is 5.26 Å². The van der Waals surface area contributed by atoms with Crippen molar-refractivity contribution in [3.05, 3.63) is 29.3 Å². The van der Waals surface area contributed by atoms with Crippen molar-refractivity contribution >= 4 is 17.5 Å². The second kappa shape index (κ2) is 6.12. The lowest BCUT2D eigenvalue weighted by Crippen LogP contribution is -2.40. The highest BCUT2D eigenvalue weighted by molar-refractivity contribution is 6.30. The molecule has 0 saturated carbocycles. The van der Waals surface area contributed by atoms with Crippen molar-refractivity contribution in [2.75, 3.05) is 0 Å². The molecule has 0 aliphatic carbocycles. The Bertz CT molecular complexity index is 442. The molecule has 17 heavy (non-hydrogen) atoms. The van der Waals surface area contributed by atoms with Crippen LogP contribution in [0.3, 0.4) is 0 Å². The molecule has 0 bridgehead atoms. The van der Waals surface area contributed by atoms with Crippen molar-refractivity contribution in [3.63, 3.8) is 0 Å². The van der Waals surface area contributed by atoms with Crippen molar-refractivity contribution in [2.45, 2.75) is 26.0 Å². The standard InChI is InChI=1S/C12H13ClN2O2/c1-8(7-14)15-12(16)9(2)17-11-5-3-4-10(13)6-11/h3-6,8-9H,1-2H3,(H,15,16)/t8-,9-/m0/s1. The van der Waals surface area contributed by atoms with Gasteiger partial charge in [-0.25, -0.2) is 0 Å². The molecule has 0 unspecified atom stereocenters. The second-order valence-corrected chi connectivity index (χ2v) is 4.01. The van der Waals surface area contributed by atoms with Crippen LogP contribution >= 0.6 is 11.6 Å². The molecule has 0 aromatic heterocycles. The first kappa shape index (κ1) is 13.3. The Kier molecular flexibility index (Phi) is 4.80. The van der Waals surface area contributed by atoms with E-state index in [0.717, 1.165) is 0 Å². The van der Waals surface area contributed by atoms with E-state index in [1.165, 1.54) is 0 Å². The molecular formula is C12H13ClN2O2. The number of hydrogen-bond donors (Lipinski definition) is 1. The Labute approximate surface area is 105 Å². The minimum Gasteiger partial charge on any atom is -0.481 e. The molecule has 1 aromatic rings. The summed E-state index contributed by atoms with van der Waals surface area (Å²) in [6.07, 6.45) is -0.677. The maximum absolute atomic E-state index is 11.6. The first-order chi connectivity index (χ1) is 8.02. The number of nitriles is 1. The zero-order valence-electron chi connectivity index (χ0n) is 9.61. The van der Waals surface area contributed by atoms with E-state index in [0.29, 0.717) is 10.8 Å². The Morgan fingerprint density at radius 1 is 1.53 bits per heavy atom. The van der Waals surface area contributed by atoms with Gasteiger partial charge < -0.3 is 10.1 Å². The normalized spacial score (nSPS) is 13.3. The van der Waals surface area contributed by atoms with E-state index in [9.17, 15) is 4.79 Å². The first-order valence-electron chi connectivity index (χ1n) is 5.15. The molecule has 2 atom stereocenters. The van der Waals surface area contributed by atoms with Gasteiger partial charge >= 0.3 is 0 Å². The zero-order valence-corrected chi connectivity index (χ0v) is 10.4. The van der Waals surface area contributed by atoms with E-state index in [2.05, 4.69) is 5.32 Å². The zero-order chi connectivity index (χ0) is 12.8. The minimum atomic E-state index is -0.677. The van der Waals surface area contributed by atoms with Crippen LogP contribution < -0.4 is 10.1 Å². The maximum atomic E-state index is 11.6. The fourth-order valence-electron chi connectivity index (χ4n) is 1.16. The number of nitrogens with zero attached hydrogens (tertiary/aromatic N) is 1. The number of amides is 1. The van der Waals surface area contributed by atoms with Gasteiger partial charge in [0.2, 0.25) is 0 Å². The van der Waals surface area contributed by atoms with Gasteiger partial charge in [0.1, 0.15) is 11.8 Å². The number of carbonyl (C=O) groups is 1. The van der Waals surface area contributed by atoms with Crippen LogP contribution in [0.4, 0.5) is 0 Å². The van der Waals surface area contributed by atoms with Crippen LogP contribution in [-0.2, 0) is 4.79 Å². The van der Waals surface area contributed by atoms with Crippen LogP contribution in [0, 0.1) is 11.3 Å². The highest BCUT2D eigenvalue weighted by Gasteiger charge is 2.16. The number of ether oxygens (including phenoxy) is 1. The fraction of sp³-hybridized carbons (Fsp3) is 0.333. The minimum absolute atomic E-state index is 0.334. The summed E-state index contributed by atoms with van der Waals surface area (Å²) in [5, 5.41) is 11.6. The van der Waals surface area contributed by atoms with Gasteiger partial charge in [-0.05, 0) is 32.0 Å². The monoisotopic (exact) mass is 252 g/mol. The molecule has 0 aliphatic rings. The predicted molar refractivity (Wildman–Crippen MR) is 64.8 cm³/mol. The van der Waals surface area contributed by atoms with Gasteiger partial charge in [-0.1, -0.05) is 17.7 Å². The SMILES string of the molecule is C[C@H](Oc1cccc(Cl)c1)C(=O)N[C@@H](C)C#N.